The molecule has 0 spiro atoms. The van der Waals surface area contributed by atoms with Crippen molar-refractivity contribution in [2.75, 3.05) is 19.0 Å². The fourth-order valence-corrected chi connectivity index (χ4v) is 2.76. The van der Waals surface area contributed by atoms with Crippen molar-refractivity contribution in [2.45, 2.75) is 18.9 Å². The largest absolute Gasteiger partial charge is 0.497 e. The van der Waals surface area contributed by atoms with Crippen LogP contribution in [0.2, 0.25) is 0 Å². The van der Waals surface area contributed by atoms with Gasteiger partial charge in [0.05, 0.1) is 13.2 Å². The molecule has 0 saturated carbocycles. The second-order valence-corrected chi connectivity index (χ2v) is 5.92. The van der Waals surface area contributed by atoms with Crippen LogP contribution in [0.15, 0.2) is 42.5 Å². The second-order valence-electron chi connectivity index (χ2n) is 5.92. The van der Waals surface area contributed by atoms with E-state index >= 15 is 0 Å². The fraction of sp³-hybridized carbons (Fsp3) is 0.263. The van der Waals surface area contributed by atoms with Crippen LogP contribution in [-0.2, 0) is 11.2 Å². The first-order chi connectivity index (χ1) is 12.1. The van der Waals surface area contributed by atoms with Crippen LogP contribution < -0.4 is 15.4 Å². The van der Waals surface area contributed by atoms with Crippen molar-refractivity contribution in [3.63, 3.8) is 0 Å². The number of carbonyl (C=O) groups is 2. The predicted octanol–water partition coefficient (Wildman–Crippen LogP) is 2.04. The zero-order valence-corrected chi connectivity index (χ0v) is 13.9. The van der Waals surface area contributed by atoms with Crippen LogP contribution in [0.25, 0.3) is 0 Å². The molecule has 3 rings (SSSR count). The minimum atomic E-state index is -0.799. The molecule has 0 aliphatic carbocycles. The molecule has 25 heavy (non-hydrogen) atoms. The lowest BCUT2D eigenvalue weighted by Crippen LogP contribution is -2.28. The van der Waals surface area contributed by atoms with E-state index in [9.17, 15) is 14.7 Å². The lowest BCUT2D eigenvalue weighted by atomic mass is 10.00. The van der Waals surface area contributed by atoms with Gasteiger partial charge in [-0.1, -0.05) is 12.1 Å². The Morgan fingerprint density at radius 3 is 2.72 bits per heavy atom. The molecule has 0 aromatic heterocycles. The molecule has 1 heterocycles. The van der Waals surface area contributed by atoms with Gasteiger partial charge in [-0.15, -0.1) is 0 Å². The molecule has 1 aliphatic heterocycles. The monoisotopic (exact) mass is 340 g/mol. The van der Waals surface area contributed by atoms with Gasteiger partial charge < -0.3 is 20.5 Å². The highest BCUT2D eigenvalue weighted by Gasteiger charge is 2.17. The lowest BCUT2D eigenvalue weighted by Gasteiger charge is -2.18. The third kappa shape index (κ3) is 3.97. The number of aliphatic hydroxyl groups excluding tert-OH is 1. The number of methoxy groups -OCH3 is 1. The number of fused-ring (bicyclic) bond motifs is 1. The van der Waals surface area contributed by atoms with E-state index in [2.05, 4.69) is 10.6 Å². The predicted molar refractivity (Wildman–Crippen MR) is 93.7 cm³/mol. The SMILES string of the molecule is COc1ccc([C@H](O)CNC(=O)c2ccc3c(c2)CCC(=O)N3)cc1. The van der Waals surface area contributed by atoms with E-state index in [1.807, 2.05) is 0 Å². The number of hydrogen-bond acceptors (Lipinski definition) is 4. The Hall–Kier alpha value is -2.86. The quantitative estimate of drug-likeness (QED) is 0.777. The summed E-state index contributed by atoms with van der Waals surface area (Å²) in [5.41, 5.74) is 2.92. The van der Waals surface area contributed by atoms with Gasteiger partial charge in [-0.3, -0.25) is 9.59 Å². The van der Waals surface area contributed by atoms with Crippen molar-refractivity contribution in [3.8, 4) is 5.75 Å². The number of nitrogens with one attached hydrogen (secondary N) is 2. The van der Waals surface area contributed by atoms with E-state index < -0.39 is 6.10 Å². The van der Waals surface area contributed by atoms with E-state index in [-0.39, 0.29) is 18.4 Å². The highest BCUT2D eigenvalue weighted by molar-refractivity contribution is 5.97. The Morgan fingerprint density at radius 2 is 2.00 bits per heavy atom. The Labute approximate surface area is 145 Å². The summed E-state index contributed by atoms with van der Waals surface area (Å²) in [4.78, 5) is 23.7. The molecule has 3 N–H and O–H groups in total. The molecule has 0 fully saturated rings. The summed E-state index contributed by atoms with van der Waals surface area (Å²) in [6, 6.07) is 12.2. The highest BCUT2D eigenvalue weighted by atomic mass is 16.5. The topological polar surface area (TPSA) is 87.7 Å². The molecular formula is C19H20N2O4. The molecule has 0 radical (unpaired) electrons. The van der Waals surface area contributed by atoms with Crippen molar-refractivity contribution in [1.82, 2.24) is 5.32 Å². The van der Waals surface area contributed by atoms with Crippen molar-refractivity contribution in [1.29, 1.82) is 0 Å². The van der Waals surface area contributed by atoms with Gasteiger partial charge in [-0.2, -0.15) is 0 Å². The molecular weight excluding hydrogens is 320 g/mol. The molecule has 0 unspecified atom stereocenters. The fourth-order valence-electron chi connectivity index (χ4n) is 2.76. The zero-order valence-electron chi connectivity index (χ0n) is 13.9. The Morgan fingerprint density at radius 1 is 1.24 bits per heavy atom. The third-order valence-electron chi connectivity index (χ3n) is 4.22. The number of amides is 2. The average Bonchev–Trinajstić information content (AvgIpc) is 2.65. The van der Waals surface area contributed by atoms with E-state index in [0.29, 0.717) is 29.7 Å². The molecule has 130 valence electrons. The number of anilines is 1. The minimum Gasteiger partial charge on any atom is -0.497 e. The molecule has 1 aliphatic rings. The molecule has 6 nitrogen and oxygen atoms in total. The molecule has 1 atom stereocenters. The summed E-state index contributed by atoms with van der Waals surface area (Å²) in [6.07, 6.45) is 0.247. The first-order valence-corrected chi connectivity index (χ1v) is 8.10. The molecule has 2 aromatic carbocycles. The van der Waals surface area contributed by atoms with Gasteiger partial charge >= 0.3 is 0 Å². The molecule has 0 bridgehead atoms. The molecule has 2 amide bonds. The maximum Gasteiger partial charge on any atom is 0.251 e. The van der Waals surface area contributed by atoms with Gasteiger partial charge in [-0.25, -0.2) is 0 Å². The number of aryl methyl sites for hydroxylation is 1. The number of benzene rings is 2. The van der Waals surface area contributed by atoms with Crippen LogP contribution in [0, 0.1) is 0 Å². The van der Waals surface area contributed by atoms with Crippen LogP contribution in [0.4, 0.5) is 5.69 Å². The zero-order chi connectivity index (χ0) is 17.8. The van der Waals surface area contributed by atoms with Crippen LogP contribution in [-0.4, -0.2) is 30.6 Å². The van der Waals surface area contributed by atoms with Gasteiger partial charge in [0.25, 0.3) is 5.91 Å². The normalized spacial score (nSPS) is 14.2. The van der Waals surface area contributed by atoms with Crippen LogP contribution in [0.1, 0.15) is 34.0 Å². The first kappa shape index (κ1) is 17.0. The summed E-state index contributed by atoms with van der Waals surface area (Å²) in [5, 5.41) is 15.7. The summed E-state index contributed by atoms with van der Waals surface area (Å²) in [5.74, 6) is 0.445. The van der Waals surface area contributed by atoms with E-state index in [1.165, 1.54) is 0 Å². The number of aliphatic hydroxyl groups is 1. The summed E-state index contributed by atoms with van der Waals surface area (Å²) in [7, 11) is 1.58. The number of ether oxygens (including phenoxy) is 1. The van der Waals surface area contributed by atoms with Crippen molar-refractivity contribution in [3.05, 3.63) is 59.2 Å². The van der Waals surface area contributed by atoms with Crippen molar-refractivity contribution in [2.24, 2.45) is 0 Å². The summed E-state index contributed by atoms with van der Waals surface area (Å²) < 4.78 is 5.08. The van der Waals surface area contributed by atoms with Gasteiger partial charge in [0.2, 0.25) is 5.91 Å². The molecule has 6 heteroatoms. The first-order valence-electron chi connectivity index (χ1n) is 8.10. The van der Waals surface area contributed by atoms with E-state index in [4.69, 9.17) is 4.74 Å². The second kappa shape index (κ2) is 7.36. The van der Waals surface area contributed by atoms with E-state index in [1.54, 1.807) is 49.6 Å². The smallest absolute Gasteiger partial charge is 0.251 e. The lowest BCUT2D eigenvalue weighted by molar-refractivity contribution is -0.116. The average molecular weight is 340 g/mol. The summed E-state index contributed by atoms with van der Waals surface area (Å²) in [6.45, 7) is 0.110. The maximum absolute atomic E-state index is 12.3. The van der Waals surface area contributed by atoms with Crippen molar-refractivity contribution < 1.29 is 19.4 Å². The third-order valence-corrected chi connectivity index (χ3v) is 4.22. The maximum atomic E-state index is 12.3. The standard InChI is InChI=1S/C19H20N2O4/c1-25-15-6-2-12(3-7-15)17(22)11-20-19(24)14-4-8-16-13(10-14)5-9-18(23)21-16/h2-4,6-8,10,17,22H,5,9,11H2,1H3,(H,20,24)(H,21,23)/t17-/m1/s1. The van der Waals surface area contributed by atoms with Gasteiger partial charge in [0.15, 0.2) is 0 Å². The number of rotatable bonds is 5. The molecule has 2 aromatic rings. The molecule has 0 saturated heterocycles. The van der Waals surface area contributed by atoms with Crippen LogP contribution >= 0.6 is 0 Å². The Kier molecular flexibility index (Phi) is 5.00. The van der Waals surface area contributed by atoms with E-state index in [0.717, 1.165) is 11.3 Å². The van der Waals surface area contributed by atoms with Crippen LogP contribution in [0.3, 0.4) is 0 Å². The number of hydrogen-bond donors (Lipinski definition) is 3. The summed E-state index contributed by atoms with van der Waals surface area (Å²) >= 11 is 0. The van der Waals surface area contributed by atoms with Gasteiger partial charge in [-0.05, 0) is 47.9 Å². The Balaban J connectivity index is 1.61. The highest BCUT2D eigenvalue weighted by Crippen LogP contribution is 2.23. The van der Waals surface area contributed by atoms with Crippen molar-refractivity contribution >= 4 is 17.5 Å². The van der Waals surface area contributed by atoms with Crippen LogP contribution in [0.5, 0.6) is 5.75 Å². The Bertz CT molecular complexity index is 787. The van der Waals surface area contributed by atoms with Gasteiger partial charge in [0.1, 0.15) is 5.75 Å². The number of carbonyl (C=O) groups excluding carboxylic acids is 2. The minimum absolute atomic E-state index is 0.00712. The van der Waals surface area contributed by atoms with Gasteiger partial charge in [0, 0.05) is 24.2 Å².